The fourth-order valence-electron chi connectivity index (χ4n) is 3.04. The molecule has 2 amide bonds. The summed E-state index contributed by atoms with van der Waals surface area (Å²) in [5.74, 6) is -1.95. The van der Waals surface area contributed by atoms with Gasteiger partial charge in [-0.3, -0.25) is 9.59 Å². The predicted molar refractivity (Wildman–Crippen MR) is 97.0 cm³/mol. The van der Waals surface area contributed by atoms with E-state index in [0.29, 0.717) is 5.92 Å². The van der Waals surface area contributed by atoms with Gasteiger partial charge in [-0.25, -0.2) is 0 Å². The van der Waals surface area contributed by atoms with Gasteiger partial charge < -0.3 is 30.0 Å². The van der Waals surface area contributed by atoms with Crippen molar-refractivity contribution in [3.63, 3.8) is 0 Å². The molecule has 1 heterocycles. The summed E-state index contributed by atoms with van der Waals surface area (Å²) >= 11 is 0. The number of rotatable bonds is 8. The standard InChI is InChI=1S/C20H24N2O6.Na/c1-12-8-16(23)18(19(26)21-9-17(24)25)20(27)22(12)10-13-4-6-15(7-5-13)28-11-14-2-3-14;/h4-7,12,14,23H,2-3,8-11H2,1H3,(H,21,26)(H,24,25);/q;+1/p-1/t12-;/m0./s1. The van der Waals surface area contributed by atoms with Crippen molar-refractivity contribution in [2.45, 2.75) is 38.8 Å². The topological polar surface area (TPSA) is 119 Å². The number of aliphatic hydroxyl groups is 1. The van der Waals surface area contributed by atoms with Crippen molar-refractivity contribution in [2.75, 3.05) is 13.2 Å². The molecule has 1 aliphatic heterocycles. The first kappa shape index (κ1) is 23.3. The molecule has 1 aromatic rings. The quantitative estimate of drug-likeness (QED) is 0.355. The van der Waals surface area contributed by atoms with Crippen LogP contribution in [0.15, 0.2) is 35.6 Å². The number of carbonyl (C=O) groups is 3. The molecule has 3 rings (SSSR count). The van der Waals surface area contributed by atoms with Gasteiger partial charge in [-0.1, -0.05) is 12.1 Å². The smallest absolute Gasteiger partial charge is 0.548 e. The summed E-state index contributed by atoms with van der Waals surface area (Å²) < 4.78 is 5.70. The van der Waals surface area contributed by atoms with Crippen LogP contribution in [0.1, 0.15) is 31.7 Å². The van der Waals surface area contributed by atoms with Gasteiger partial charge in [0, 0.05) is 19.0 Å². The second-order valence-electron chi connectivity index (χ2n) is 7.26. The number of ether oxygens (including phenoxy) is 1. The first-order chi connectivity index (χ1) is 13.3. The van der Waals surface area contributed by atoms with Gasteiger partial charge in [0.25, 0.3) is 11.8 Å². The van der Waals surface area contributed by atoms with E-state index in [1.165, 1.54) is 17.7 Å². The van der Waals surface area contributed by atoms with Crippen LogP contribution in [-0.4, -0.2) is 47.0 Å². The number of hydrogen-bond acceptors (Lipinski definition) is 6. The fourth-order valence-corrected chi connectivity index (χ4v) is 3.04. The molecule has 1 atom stereocenters. The number of hydrogen-bond donors (Lipinski definition) is 2. The minimum atomic E-state index is -1.48. The Morgan fingerprint density at radius 3 is 2.52 bits per heavy atom. The largest absolute Gasteiger partial charge is 1.00 e. The Morgan fingerprint density at radius 2 is 1.93 bits per heavy atom. The van der Waals surface area contributed by atoms with E-state index in [4.69, 9.17) is 4.74 Å². The van der Waals surface area contributed by atoms with Crippen LogP contribution in [0.5, 0.6) is 5.75 Å². The van der Waals surface area contributed by atoms with E-state index in [-0.39, 0.29) is 54.3 Å². The maximum Gasteiger partial charge on any atom is 1.00 e. The zero-order valence-corrected chi connectivity index (χ0v) is 18.6. The number of carboxylic acid groups (broad SMARTS) is 1. The van der Waals surface area contributed by atoms with Crippen LogP contribution in [0.4, 0.5) is 0 Å². The van der Waals surface area contributed by atoms with Gasteiger partial charge in [-0.2, -0.15) is 0 Å². The first-order valence-corrected chi connectivity index (χ1v) is 9.28. The number of aliphatic hydroxyl groups excluding tert-OH is 1. The molecule has 0 unspecified atom stereocenters. The molecule has 0 aromatic heterocycles. The molecule has 0 radical (unpaired) electrons. The number of aliphatic carboxylic acids is 1. The maximum atomic E-state index is 12.7. The summed E-state index contributed by atoms with van der Waals surface area (Å²) in [6, 6.07) is 7.10. The SMILES string of the molecule is C[C@H]1CC(O)=C(C(=O)NCC(=O)[O-])C(=O)N1Cc1ccc(OCC2CC2)cc1.[Na+]. The third kappa shape index (κ3) is 6.22. The van der Waals surface area contributed by atoms with Crippen molar-refractivity contribution in [3.05, 3.63) is 41.2 Å². The van der Waals surface area contributed by atoms with Crippen molar-refractivity contribution in [3.8, 4) is 5.75 Å². The molecule has 1 fully saturated rings. The van der Waals surface area contributed by atoms with Crippen LogP contribution in [0.3, 0.4) is 0 Å². The molecule has 1 saturated carbocycles. The normalized spacial score (nSPS) is 18.9. The van der Waals surface area contributed by atoms with E-state index < -0.39 is 29.9 Å². The number of carboxylic acids is 1. The molecule has 2 N–H and O–H groups in total. The first-order valence-electron chi connectivity index (χ1n) is 9.28. The van der Waals surface area contributed by atoms with Gasteiger partial charge in [0.05, 0.1) is 19.1 Å². The van der Waals surface area contributed by atoms with E-state index in [2.05, 4.69) is 5.32 Å². The van der Waals surface area contributed by atoms with E-state index in [9.17, 15) is 24.6 Å². The number of nitrogens with one attached hydrogen (secondary N) is 1. The average Bonchev–Trinajstić information content (AvgIpc) is 3.47. The predicted octanol–water partition coefficient (Wildman–Crippen LogP) is -2.72. The van der Waals surface area contributed by atoms with Crippen LogP contribution in [0.2, 0.25) is 0 Å². The molecular weight excluding hydrogens is 387 g/mol. The molecule has 8 nitrogen and oxygen atoms in total. The Balaban J connectivity index is 0.00000300. The molecular formula is C20H23N2NaO6. The van der Waals surface area contributed by atoms with Crippen molar-refractivity contribution in [1.29, 1.82) is 0 Å². The minimum absolute atomic E-state index is 0. The van der Waals surface area contributed by atoms with Crippen molar-refractivity contribution >= 4 is 17.8 Å². The summed E-state index contributed by atoms with van der Waals surface area (Å²) in [5.41, 5.74) is 0.429. The van der Waals surface area contributed by atoms with Crippen LogP contribution in [0.25, 0.3) is 0 Å². The Bertz CT molecular complexity index is 804. The third-order valence-electron chi connectivity index (χ3n) is 4.86. The van der Waals surface area contributed by atoms with Crippen molar-refractivity contribution in [2.24, 2.45) is 5.92 Å². The average molecular weight is 410 g/mol. The van der Waals surface area contributed by atoms with Crippen LogP contribution in [0, 0.1) is 5.92 Å². The molecule has 2 aliphatic rings. The zero-order chi connectivity index (χ0) is 20.3. The molecule has 29 heavy (non-hydrogen) atoms. The van der Waals surface area contributed by atoms with Crippen molar-refractivity contribution in [1.82, 2.24) is 10.2 Å². The minimum Gasteiger partial charge on any atom is -0.548 e. The summed E-state index contributed by atoms with van der Waals surface area (Å²) in [7, 11) is 0. The van der Waals surface area contributed by atoms with Gasteiger partial charge in [0.1, 0.15) is 17.1 Å². The molecule has 9 heteroatoms. The van der Waals surface area contributed by atoms with Gasteiger partial charge in [0.2, 0.25) is 0 Å². The summed E-state index contributed by atoms with van der Waals surface area (Å²) in [6.45, 7) is 2.01. The van der Waals surface area contributed by atoms with Gasteiger partial charge >= 0.3 is 29.6 Å². The second kappa shape index (κ2) is 10.1. The fraction of sp³-hybridized carbons (Fsp3) is 0.450. The van der Waals surface area contributed by atoms with E-state index >= 15 is 0 Å². The van der Waals surface area contributed by atoms with Gasteiger partial charge in [0.15, 0.2) is 0 Å². The van der Waals surface area contributed by atoms with E-state index in [1.54, 1.807) is 6.92 Å². The van der Waals surface area contributed by atoms with Gasteiger partial charge in [-0.15, -0.1) is 0 Å². The molecule has 1 aromatic carbocycles. The number of amides is 2. The van der Waals surface area contributed by atoms with Crippen LogP contribution >= 0.6 is 0 Å². The summed E-state index contributed by atoms with van der Waals surface area (Å²) in [4.78, 5) is 36.9. The molecule has 0 spiro atoms. The van der Waals surface area contributed by atoms with Crippen LogP contribution < -0.4 is 44.7 Å². The second-order valence-corrected chi connectivity index (χ2v) is 7.26. The Kier molecular flexibility index (Phi) is 8.13. The Morgan fingerprint density at radius 1 is 1.28 bits per heavy atom. The molecule has 0 saturated heterocycles. The van der Waals surface area contributed by atoms with Gasteiger partial charge in [-0.05, 0) is 43.4 Å². The Labute approximate surface area is 191 Å². The summed E-state index contributed by atoms with van der Waals surface area (Å²) in [6.07, 6.45) is 2.54. The maximum absolute atomic E-state index is 12.7. The van der Waals surface area contributed by atoms with E-state index in [1.807, 2.05) is 24.3 Å². The number of nitrogens with zero attached hydrogens (tertiary/aromatic N) is 1. The van der Waals surface area contributed by atoms with E-state index in [0.717, 1.165) is 17.9 Å². The molecule has 150 valence electrons. The number of benzene rings is 1. The molecule has 1 aliphatic carbocycles. The summed E-state index contributed by atoms with van der Waals surface area (Å²) in [5, 5.41) is 22.6. The van der Waals surface area contributed by atoms with Crippen LogP contribution in [-0.2, 0) is 20.9 Å². The number of carbonyl (C=O) groups excluding carboxylic acids is 3. The molecule has 0 bridgehead atoms. The van der Waals surface area contributed by atoms with Crippen molar-refractivity contribution < 1.29 is 58.9 Å². The zero-order valence-electron chi connectivity index (χ0n) is 16.6. The monoisotopic (exact) mass is 410 g/mol. The Hall–Kier alpha value is -2.03. The third-order valence-corrected chi connectivity index (χ3v) is 4.86.